The van der Waals surface area contributed by atoms with Crippen molar-refractivity contribution >= 4 is 11.8 Å². The van der Waals surface area contributed by atoms with E-state index >= 15 is 0 Å². The van der Waals surface area contributed by atoms with Gasteiger partial charge in [0.2, 0.25) is 11.8 Å². The van der Waals surface area contributed by atoms with Crippen LogP contribution in [0, 0.1) is 0 Å². The number of nitrogens with zero attached hydrogens (tertiary/aromatic N) is 2. The van der Waals surface area contributed by atoms with Crippen molar-refractivity contribution in [3.8, 4) is 0 Å². The second kappa shape index (κ2) is 6.37. The molecule has 2 rings (SSSR count). The molecule has 0 saturated carbocycles. The third-order valence-electron chi connectivity index (χ3n) is 4.35. The van der Waals surface area contributed by atoms with Gasteiger partial charge in [0, 0.05) is 38.1 Å². The number of carbonyl (C=O) groups excluding carboxylic acids is 2. The first-order valence-electron chi connectivity index (χ1n) is 7.40. The largest absolute Gasteiger partial charge is 0.336 e. The molecule has 0 aliphatic carbocycles. The van der Waals surface area contributed by atoms with Crippen molar-refractivity contribution in [2.24, 2.45) is 0 Å². The number of rotatable bonds is 2. The van der Waals surface area contributed by atoms with Crippen LogP contribution in [0.5, 0.6) is 0 Å². The maximum Gasteiger partial charge on any atom is 0.242 e. The quantitative estimate of drug-likeness (QED) is 0.797. The molecular formula is C14H25N3O2. The molecule has 0 aromatic heterocycles. The lowest BCUT2D eigenvalue weighted by atomic mass is 10.1. The molecule has 2 saturated heterocycles. The Balaban J connectivity index is 1.93. The number of hydrogen-bond acceptors (Lipinski definition) is 3. The normalized spacial score (nSPS) is 29.3. The molecule has 0 spiro atoms. The van der Waals surface area contributed by atoms with Gasteiger partial charge in [-0.15, -0.1) is 0 Å². The Hall–Kier alpha value is -1.10. The summed E-state index contributed by atoms with van der Waals surface area (Å²) >= 11 is 0. The van der Waals surface area contributed by atoms with Gasteiger partial charge < -0.3 is 15.1 Å². The average Bonchev–Trinajstić information content (AvgIpc) is 2.58. The van der Waals surface area contributed by atoms with Crippen molar-refractivity contribution in [2.75, 3.05) is 26.2 Å². The fourth-order valence-corrected chi connectivity index (χ4v) is 2.87. The molecule has 2 aliphatic heterocycles. The number of carbonyl (C=O) groups is 2. The van der Waals surface area contributed by atoms with Gasteiger partial charge in [0.15, 0.2) is 0 Å². The van der Waals surface area contributed by atoms with Gasteiger partial charge in [-0.2, -0.15) is 0 Å². The molecule has 108 valence electrons. The van der Waals surface area contributed by atoms with Gasteiger partial charge in [0.25, 0.3) is 0 Å². The summed E-state index contributed by atoms with van der Waals surface area (Å²) < 4.78 is 0. The van der Waals surface area contributed by atoms with Crippen molar-refractivity contribution in [1.82, 2.24) is 15.1 Å². The Morgan fingerprint density at radius 3 is 2.84 bits per heavy atom. The molecule has 5 heteroatoms. The maximum atomic E-state index is 12.4. The first kappa shape index (κ1) is 14.3. The second-order valence-corrected chi connectivity index (χ2v) is 5.70. The summed E-state index contributed by atoms with van der Waals surface area (Å²) in [6, 6.07) is 0.515. The Bertz CT molecular complexity index is 346. The minimum atomic E-state index is 0.0936. The van der Waals surface area contributed by atoms with Crippen molar-refractivity contribution in [3.63, 3.8) is 0 Å². The fourth-order valence-electron chi connectivity index (χ4n) is 2.87. The minimum Gasteiger partial charge on any atom is -0.336 e. The van der Waals surface area contributed by atoms with Gasteiger partial charge in [-0.25, -0.2) is 0 Å². The highest BCUT2D eigenvalue weighted by atomic mass is 16.2. The first-order chi connectivity index (χ1) is 9.09. The molecule has 0 bridgehead atoms. The number of hydrogen-bond donors (Lipinski definition) is 1. The van der Waals surface area contributed by atoms with Crippen LogP contribution in [0.15, 0.2) is 0 Å². The van der Waals surface area contributed by atoms with Crippen molar-refractivity contribution in [3.05, 3.63) is 0 Å². The highest BCUT2D eigenvalue weighted by molar-refractivity contribution is 5.85. The van der Waals surface area contributed by atoms with Crippen LogP contribution >= 0.6 is 0 Å². The van der Waals surface area contributed by atoms with Gasteiger partial charge in [0.1, 0.15) is 0 Å². The third kappa shape index (κ3) is 3.47. The lowest BCUT2D eigenvalue weighted by Crippen LogP contribution is -2.59. The highest BCUT2D eigenvalue weighted by Crippen LogP contribution is 2.13. The van der Waals surface area contributed by atoms with Crippen LogP contribution in [-0.2, 0) is 9.59 Å². The Kier molecular flexibility index (Phi) is 4.80. The summed E-state index contributed by atoms with van der Waals surface area (Å²) in [4.78, 5) is 28.0. The Morgan fingerprint density at radius 1 is 1.26 bits per heavy atom. The summed E-state index contributed by atoms with van der Waals surface area (Å²) in [6.45, 7) is 6.74. The van der Waals surface area contributed by atoms with E-state index in [1.54, 1.807) is 4.90 Å². The molecule has 0 aromatic rings. The van der Waals surface area contributed by atoms with E-state index in [2.05, 4.69) is 19.2 Å². The zero-order valence-electron chi connectivity index (χ0n) is 12.0. The van der Waals surface area contributed by atoms with E-state index in [1.165, 1.54) is 0 Å². The molecule has 19 heavy (non-hydrogen) atoms. The molecule has 2 unspecified atom stereocenters. The van der Waals surface area contributed by atoms with Gasteiger partial charge in [-0.05, 0) is 26.7 Å². The molecule has 2 heterocycles. The van der Waals surface area contributed by atoms with Gasteiger partial charge in [-0.1, -0.05) is 6.42 Å². The van der Waals surface area contributed by atoms with E-state index in [0.717, 1.165) is 38.9 Å². The van der Waals surface area contributed by atoms with Crippen LogP contribution in [0.3, 0.4) is 0 Å². The number of piperazine rings is 1. The van der Waals surface area contributed by atoms with E-state index in [9.17, 15) is 9.59 Å². The van der Waals surface area contributed by atoms with Crippen LogP contribution in [0.2, 0.25) is 0 Å². The van der Waals surface area contributed by atoms with Crippen molar-refractivity contribution < 1.29 is 9.59 Å². The van der Waals surface area contributed by atoms with E-state index in [0.29, 0.717) is 12.5 Å². The van der Waals surface area contributed by atoms with Crippen LogP contribution < -0.4 is 5.32 Å². The minimum absolute atomic E-state index is 0.0936. The van der Waals surface area contributed by atoms with Crippen molar-refractivity contribution in [2.45, 2.75) is 51.6 Å². The molecule has 0 aromatic carbocycles. The van der Waals surface area contributed by atoms with Crippen LogP contribution in [0.4, 0.5) is 0 Å². The third-order valence-corrected chi connectivity index (χ3v) is 4.35. The summed E-state index contributed by atoms with van der Waals surface area (Å²) in [5.74, 6) is 0.234. The van der Waals surface area contributed by atoms with Crippen molar-refractivity contribution in [1.29, 1.82) is 0 Å². The lowest BCUT2D eigenvalue weighted by Gasteiger charge is -2.39. The SMILES string of the molecule is CC1NCCN(C(=O)CN2CCCCCC2=O)C1C. The molecule has 2 fully saturated rings. The average molecular weight is 267 g/mol. The van der Waals surface area contributed by atoms with Gasteiger partial charge in [-0.3, -0.25) is 9.59 Å². The zero-order valence-corrected chi connectivity index (χ0v) is 12.0. The van der Waals surface area contributed by atoms with Gasteiger partial charge in [0.05, 0.1) is 6.54 Å². The summed E-state index contributed by atoms with van der Waals surface area (Å²) in [6.07, 6.45) is 3.68. The first-order valence-corrected chi connectivity index (χ1v) is 7.40. The molecule has 2 aliphatic rings. The highest BCUT2D eigenvalue weighted by Gasteiger charge is 2.30. The van der Waals surface area contributed by atoms with E-state index in [-0.39, 0.29) is 24.4 Å². The Morgan fingerprint density at radius 2 is 2.05 bits per heavy atom. The fraction of sp³-hybridized carbons (Fsp3) is 0.857. The Labute approximate surface area is 115 Å². The summed E-state index contributed by atoms with van der Waals surface area (Å²) in [7, 11) is 0. The number of likely N-dealkylation sites (tertiary alicyclic amines) is 1. The molecule has 2 atom stereocenters. The van der Waals surface area contributed by atoms with Gasteiger partial charge >= 0.3 is 0 Å². The standard InChI is InChI=1S/C14H25N3O2/c1-11-12(2)17(9-7-15-11)14(19)10-16-8-5-3-4-6-13(16)18/h11-12,15H,3-10H2,1-2H3. The van der Waals surface area contributed by atoms with Crippen LogP contribution in [-0.4, -0.2) is 59.9 Å². The number of nitrogens with one attached hydrogen (secondary N) is 1. The summed E-state index contributed by atoms with van der Waals surface area (Å²) in [5, 5.41) is 3.36. The van der Waals surface area contributed by atoms with E-state index in [1.807, 2.05) is 4.90 Å². The molecule has 2 amide bonds. The molecule has 0 radical (unpaired) electrons. The smallest absolute Gasteiger partial charge is 0.242 e. The predicted molar refractivity (Wildman–Crippen MR) is 73.7 cm³/mol. The van der Waals surface area contributed by atoms with E-state index in [4.69, 9.17) is 0 Å². The molecule has 5 nitrogen and oxygen atoms in total. The molecular weight excluding hydrogens is 242 g/mol. The predicted octanol–water partition coefficient (Wildman–Crippen LogP) is 0.598. The van der Waals surface area contributed by atoms with Crippen LogP contribution in [0.1, 0.15) is 39.5 Å². The lowest BCUT2D eigenvalue weighted by molar-refractivity contribution is -0.142. The van der Waals surface area contributed by atoms with E-state index < -0.39 is 0 Å². The van der Waals surface area contributed by atoms with Crippen LogP contribution in [0.25, 0.3) is 0 Å². The summed E-state index contributed by atoms with van der Waals surface area (Å²) in [5.41, 5.74) is 0. The molecule has 1 N–H and O–H groups in total. The topological polar surface area (TPSA) is 52.7 Å². The number of amides is 2. The monoisotopic (exact) mass is 267 g/mol. The maximum absolute atomic E-state index is 12.4. The zero-order chi connectivity index (χ0) is 13.8. The second-order valence-electron chi connectivity index (χ2n) is 5.70.